The monoisotopic (exact) mass is 534 g/mol. The number of hydrogen-bond acceptors (Lipinski definition) is 6. The van der Waals surface area contributed by atoms with Crippen molar-refractivity contribution in [2.45, 2.75) is 111 Å². The molecule has 0 radical (unpaired) electrons. The molecule has 0 spiro atoms. The molecule has 0 saturated carbocycles. The lowest BCUT2D eigenvalue weighted by Gasteiger charge is -2.39. The van der Waals surface area contributed by atoms with Gasteiger partial charge in [-0.2, -0.15) is 0 Å². The van der Waals surface area contributed by atoms with E-state index in [9.17, 15) is 19.2 Å². The van der Waals surface area contributed by atoms with E-state index < -0.39 is 18.1 Å². The first kappa shape index (κ1) is 31.8. The van der Waals surface area contributed by atoms with Crippen LogP contribution in [0.3, 0.4) is 0 Å². The van der Waals surface area contributed by atoms with Gasteiger partial charge in [-0.05, 0) is 64.8 Å². The third-order valence-electron chi connectivity index (χ3n) is 7.96. The first-order valence-corrected chi connectivity index (χ1v) is 14.2. The minimum absolute atomic E-state index is 0.0278. The molecule has 4 atom stereocenters. The number of piperidine rings is 1. The highest BCUT2D eigenvalue weighted by Crippen LogP contribution is 2.24. The van der Waals surface area contributed by atoms with E-state index in [2.05, 4.69) is 24.1 Å². The maximum Gasteiger partial charge on any atom is 0.328 e. The predicted octanol–water partition coefficient (Wildman–Crippen LogP) is 2.98. The molecule has 2 aliphatic heterocycles. The SMILES string of the molecule is COC(=O)[C@H]1CCCN1C(=O)/C(C)=C/[C@H](C(C)C)N(C)C(=O)[C@@H](NC(=O)[C@H]1CCCCN1C(C)C)C(C)C. The number of nitrogens with one attached hydrogen (secondary N) is 1. The molecule has 0 aromatic rings. The molecule has 0 aliphatic carbocycles. The molecule has 2 saturated heterocycles. The Morgan fingerprint density at radius 1 is 0.921 bits per heavy atom. The normalized spacial score (nSPS) is 22.5. The van der Waals surface area contributed by atoms with E-state index in [1.54, 1.807) is 23.8 Å². The number of hydrogen-bond donors (Lipinski definition) is 1. The average molecular weight is 535 g/mol. The zero-order valence-corrected chi connectivity index (χ0v) is 25.0. The Kier molecular flexibility index (Phi) is 11.8. The van der Waals surface area contributed by atoms with Crippen molar-refractivity contribution in [1.29, 1.82) is 0 Å². The number of likely N-dealkylation sites (tertiary alicyclic amines) is 2. The lowest BCUT2D eigenvalue weighted by atomic mass is 9.95. The van der Waals surface area contributed by atoms with Gasteiger partial charge in [0.25, 0.3) is 0 Å². The second-order valence-corrected chi connectivity index (χ2v) is 11.8. The Hall–Kier alpha value is -2.42. The zero-order chi connectivity index (χ0) is 28.7. The van der Waals surface area contributed by atoms with E-state index >= 15 is 0 Å². The summed E-state index contributed by atoms with van der Waals surface area (Å²) in [4.78, 5) is 58.0. The number of likely N-dealkylation sites (N-methyl/N-ethyl adjacent to an activating group) is 1. The highest BCUT2D eigenvalue weighted by atomic mass is 16.5. The van der Waals surface area contributed by atoms with Crippen molar-refractivity contribution >= 4 is 23.7 Å². The van der Waals surface area contributed by atoms with E-state index in [4.69, 9.17) is 4.74 Å². The van der Waals surface area contributed by atoms with Crippen molar-refractivity contribution in [3.05, 3.63) is 11.6 Å². The molecule has 2 heterocycles. The van der Waals surface area contributed by atoms with E-state index in [1.165, 1.54) is 7.11 Å². The van der Waals surface area contributed by atoms with Crippen LogP contribution in [0.4, 0.5) is 0 Å². The smallest absolute Gasteiger partial charge is 0.328 e. The second kappa shape index (κ2) is 14.1. The first-order valence-electron chi connectivity index (χ1n) is 14.2. The van der Waals surface area contributed by atoms with Crippen molar-refractivity contribution in [3.63, 3.8) is 0 Å². The number of carbonyl (C=O) groups is 4. The number of amides is 3. The van der Waals surface area contributed by atoms with E-state index in [-0.39, 0.29) is 47.7 Å². The molecule has 2 rings (SSSR count). The molecule has 1 N–H and O–H groups in total. The Morgan fingerprint density at radius 3 is 2.11 bits per heavy atom. The summed E-state index contributed by atoms with van der Waals surface area (Å²) < 4.78 is 4.88. The van der Waals surface area contributed by atoms with Gasteiger partial charge in [0.05, 0.1) is 19.2 Å². The van der Waals surface area contributed by atoms with Gasteiger partial charge >= 0.3 is 5.97 Å². The molecule has 3 amide bonds. The molecule has 2 fully saturated rings. The van der Waals surface area contributed by atoms with Crippen LogP contribution in [0.15, 0.2) is 11.6 Å². The van der Waals surface area contributed by atoms with Crippen LogP contribution in [-0.4, -0.2) is 95.8 Å². The van der Waals surface area contributed by atoms with Gasteiger partial charge in [-0.1, -0.05) is 40.2 Å². The standard InChI is InChI=1S/C29H50N4O5/c1-18(2)24(17-21(7)27(35)33-16-12-14-23(33)29(37)38-9)31(8)28(36)25(19(3)4)30-26(34)22-13-10-11-15-32(22)20(5)6/h17-20,22-25H,10-16H2,1-9H3,(H,30,34)/b21-17+/t22-,23-,24-,25+/m1/s1. The van der Waals surface area contributed by atoms with Crippen LogP contribution >= 0.6 is 0 Å². The summed E-state index contributed by atoms with van der Waals surface area (Å²) >= 11 is 0. The molecule has 2 aliphatic rings. The summed E-state index contributed by atoms with van der Waals surface area (Å²) in [5.74, 6) is -0.964. The molecular weight excluding hydrogens is 484 g/mol. The Labute approximate surface area is 229 Å². The topological polar surface area (TPSA) is 99.3 Å². The van der Waals surface area contributed by atoms with Crippen molar-refractivity contribution in [2.24, 2.45) is 11.8 Å². The first-order chi connectivity index (χ1) is 17.8. The molecule has 0 aromatic carbocycles. The number of carbonyl (C=O) groups excluding carboxylic acids is 4. The highest BCUT2D eigenvalue weighted by molar-refractivity contribution is 5.96. The third-order valence-corrected chi connectivity index (χ3v) is 7.96. The van der Waals surface area contributed by atoms with Crippen molar-refractivity contribution in [1.82, 2.24) is 20.0 Å². The van der Waals surface area contributed by atoms with Gasteiger partial charge in [0.1, 0.15) is 12.1 Å². The molecule has 9 nitrogen and oxygen atoms in total. The van der Waals surface area contributed by atoms with Gasteiger partial charge in [0.15, 0.2) is 0 Å². The fourth-order valence-electron chi connectivity index (χ4n) is 5.68. The maximum absolute atomic E-state index is 13.8. The highest BCUT2D eigenvalue weighted by Gasteiger charge is 2.38. The van der Waals surface area contributed by atoms with Gasteiger partial charge < -0.3 is 19.9 Å². The third kappa shape index (κ3) is 7.58. The van der Waals surface area contributed by atoms with Crippen LogP contribution in [0.5, 0.6) is 0 Å². The minimum atomic E-state index is -0.670. The molecule has 0 aromatic heterocycles. The summed E-state index contributed by atoms with van der Waals surface area (Å²) in [5.41, 5.74) is 0.485. The largest absolute Gasteiger partial charge is 0.467 e. The van der Waals surface area contributed by atoms with E-state index in [1.807, 2.05) is 33.8 Å². The number of ether oxygens (including phenoxy) is 1. The number of methoxy groups -OCH3 is 1. The molecular formula is C29H50N4O5. The number of esters is 1. The minimum Gasteiger partial charge on any atom is -0.467 e. The van der Waals surface area contributed by atoms with Crippen LogP contribution in [0.25, 0.3) is 0 Å². The lowest BCUT2D eigenvalue weighted by Crippen LogP contribution is -2.58. The Morgan fingerprint density at radius 2 is 1.55 bits per heavy atom. The Bertz CT molecular complexity index is 884. The molecule has 9 heteroatoms. The van der Waals surface area contributed by atoms with Gasteiger partial charge in [0, 0.05) is 25.2 Å². The Balaban J connectivity index is 2.21. The molecule has 0 unspecified atom stereocenters. The van der Waals surface area contributed by atoms with Crippen molar-refractivity contribution in [2.75, 3.05) is 27.2 Å². The van der Waals surface area contributed by atoms with E-state index in [0.29, 0.717) is 18.5 Å². The van der Waals surface area contributed by atoms with Gasteiger partial charge in [0.2, 0.25) is 17.7 Å². The molecule has 0 bridgehead atoms. The lowest BCUT2D eigenvalue weighted by molar-refractivity contribution is -0.149. The number of rotatable bonds is 10. The van der Waals surface area contributed by atoms with Gasteiger partial charge in [-0.25, -0.2) is 4.79 Å². The van der Waals surface area contributed by atoms with Gasteiger partial charge in [-0.3, -0.25) is 19.3 Å². The predicted molar refractivity (Wildman–Crippen MR) is 148 cm³/mol. The van der Waals surface area contributed by atoms with Gasteiger partial charge in [-0.15, -0.1) is 0 Å². The fraction of sp³-hybridized carbons (Fsp3) is 0.793. The second-order valence-electron chi connectivity index (χ2n) is 11.8. The van der Waals surface area contributed by atoms with E-state index in [0.717, 1.165) is 32.2 Å². The summed E-state index contributed by atoms with van der Waals surface area (Å²) in [6.45, 7) is 15.2. The molecule has 216 valence electrons. The summed E-state index contributed by atoms with van der Waals surface area (Å²) in [6.07, 6.45) is 6.02. The fourth-order valence-corrected chi connectivity index (χ4v) is 5.68. The quantitative estimate of drug-likeness (QED) is 0.342. The molecule has 38 heavy (non-hydrogen) atoms. The van der Waals surface area contributed by atoms with Crippen LogP contribution in [0, 0.1) is 11.8 Å². The number of nitrogens with zero attached hydrogens (tertiary/aromatic N) is 3. The zero-order valence-electron chi connectivity index (χ0n) is 25.0. The summed E-state index contributed by atoms with van der Waals surface area (Å²) in [5, 5.41) is 3.07. The van der Waals surface area contributed by atoms with Crippen LogP contribution in [0.1, 0.15) is 80.6 Å². The van der Waals surface area contributed by atoms with Crippen molar-refractivity contribution < 1.29 is 23.9 Å². The average Bonchev–Trinajstić information content (AvgIpc) is 3.37. The van der Waals surface area contributed by atoms with Crippen molar-refractivity contribution in [3.8, 4) is 0 Å². The summed E-state index contributed by atoms with van der Waals surface area (Å²) in [6, 6.07) is -1.57. The summed E-state index contributed by atoms with van der Waals surface area (Å²) in [7, 11) is 3.07. The van der Waals surface area contributed by atoms with Crippen LogP contribution in [-0.2, 0) is 23.9 Å². The van der Waals surface area contributed by atoms with Crippen LogP contribution < -0.4 is 5.32 Å². The maximum atomic E-state index is 13.8. The van der Waals surface area contributed by atoms with Crippen LogP contribution in [0.2, 0.25) is 0 Å².